The van der Waals surface area contributed by atoms with Gasteiger partial charge in [-0.15, -0.1) is 0 Å². The van der Waals surface area contributed by atoms with Crippen molar-refractivity contribution in [2.75, 3.05) is 5.32 Å². The van der Waals surface area contributed by atoms with Gasteiger partial charge in [0.2, 0.25) is 11.8 Å². The van der Waals surface area contributed by atoms with Gasteiger partial charge < -0.3 is 16.4 Å². The first-order valence-corrected chi connectivity index (χ1v) is 10.6. The number of carbonyl (C=O) groups excluding carboxylic acids is 2. The predicted molar refractivity (Wildman–Crippen MR) is 113 cm³/mol. The van der Waals surface area contributed by atoms with Crippen LogP contribution in [0.3, 0.4) is 0 Å². The average molecular weight is 386 g/mol. The Balaban J connectivity index is 1.51. The molecule has 154 valence electrons. The van der Waals surface area contributed by atoms with Gasteiger partial charge in [0.15, 0.2) is 0 Å². The van der Waals surface area contributed by atoms with Crippen molar-refractivity contribution >= 4 is 17.5 Å². The highest BCUT2D eigenvalue weighted by Gasteiger charge is 2.39. The summed E-state index contributed by atoms with van der Waals surface area (Å²) in [7, 11) is 0. The SMILES string of the molecule is CC(C)(C)CC(=O)Nc1ccc(CC(=O)NC2C3CCCC2CC(N)C3)cc1. The van der Waals surface area contributed by atoms with Crippen molar-refractivity contribution in [3.05, 3.63) is 29.8 Å². The second-order valence-corrected chi connectivity index (χ2v) is 9.94. The van der Waals surface area contributed by atoms with E-state index in [0.717, 1.165) is 24.1 Å². The van der Waals surface area contributed by atoms with Crippen LogP contribution < -0.4 is 16.4 Å². The minimum absolute atomic E-state index is 0.0139. The van der Waals surface area contributed by atoms with E-state index in [0.29, 0.717) is 30.7 Å². The second kappa shape index (κ2) is 8.64. The van der Waals surface area contributed by atoms with E-state index in [1.165, 1.54) is 19.3 Å². The molecule has 0 aliphatic heterocycles. The van der Waals surface area contributed by atoms with Crippen LogP contribution in [-0.4, -0.2) is 23.9 Å². The molecule has 2 atom stereocenters. The Morgan fingerprint density at radius 2 is 1.64 bits per heavy atom. The zero-order valence-corrected chi connectivity index (χ0v) is 17.5. The van der Waals surface area contributed by atoms with Crippen molar-refractivity contribution in [2.45, 2.75) is 77.8 Å². The van der Waals surface area contributed by atoms with Gasteiger partial charge in [0.1, 0.15) is 0 Å². The Hall–Kier alpha value is -1.88. The summed E-state index contributed by atoms with van der Waals surface area (Å²) in [5.41, 5.74) is 7.88. The smallest absolute Gasteiger partial charge is 0.224 e. The maximum atomic E-state index is 12.6. The Kier molecular flexibility index (Phi) is 6.43. The first-order valence-electron chi connectivity index (χ1n) is 10.6. The Labute approximate surface area is 168 Å². The fraction of sp³-hybridized carbons (Fsp3) is 0.652. The zero-order chi connectivity index (χ0) is 20.3. The van der Waals surface area contributed by atoms with Gasteiger partial charge in [-0.2, -0.15) is 0 Å². The highest BCUT2D eigenvalue weighted by atomic mass is 16.2. The van der Waals surface area contributed by atoms with Gasteiger partial charge in [0.05, 0.1) is 6.42 Å². The molecule has 1 aromatic carbocycles. The zero-order valence-electron chi connectivity index (χ0n) is 17.5. The van der Waals surface area contributed by atoms with E-state index in [1.807, 2.05) is 45.0 Å². The molecule has 28 heavy (non-hydrogen) atoms. The van der Waals surface area contributed by atoms with Crippen LogP contribution in [0.15, 0.2) is 24.3 Å². The maximum Gasteiger partial charge on any atom is 0.224 e. The summed E-state index contributed by atoms with van der Waals surface area (Å²) < 4.78 is 0. The lowest BCUT2D eigenvalue weighted by molar-refractivity contribution is -0.122. The highest BCUT2D eigenvalue weighted by molar-refractivity contribution is 5.91. The molecule has 2 bridgehead atoms. The molecule has 2 fully saturated rings. The molecule has 0 aromatic heterocycles. The molecular weight excluding hydrogens is 350 g/mol. The lowest BCUT2D eigenvalue weighted by atomic mass is 9.67. The number of carbonyl (C=O) groups is 2. The molecule has 2 unspecified atom stereocenters. The first-order chi connectivity index (χ1) is 13.2. The van der Waals surface area contributed by atoms with Gasteiger partial charge in [-0.3, -0.25) is 9.59 Å². The van der Waals surface area contributed by atoms with Crippen molar-refractivity contribution < 1.29 is 9.59 Å². The molecule has 2 aliphatic rings. The molecule has 0 radical (unpaired) electrons. The highest BCUT2D eigenvalue weighted by Crippen LogP contribution is 2.39. The third kappa shape index (κ3) is 5.81. The first kappa shape index (κ1) is 20.8. The summed E-state index contributed by atoms with van der Waals surface area (Å²) in [5.74, 6) is 1.17. The molecule has 3 rings (SSSR count). The Morgan fingerprint density at radius 3 is 2.21 bits per heavy atom. The summed E-state index contributed by atoms with van der Waals surface area (Å²) >= 11 is 0. The minimum Gasteiger partial charge on any atom is -0.353 e. The number of hydrogen-bond acceptors (Lipinski definition) is 3. The van der Waals surface area contributed by atoms with Crippen LogP contribution in [0.25, 0.3) is 0 Å². The summed E-state index contributed by atoms with van der Waals surface area (Å²) in [6.45, 7) is 6.13. The van der Waals surface area contributed by atoms with E-state index in [4.69, 9.17) is 5.73 Å². The van der Waals surface area contributed by atoms with Crippen molar-refractivity contribution in [1.82, 2.24) is 5.32 Å². The van der Waals surface area contributed by atoms with E-state index in [-0.39, 0.29) is 23.3 Å². The van der Waals surface area contributed by atoms with E-state index in [2.05, 4.69) is 10.6 Å². The van der Waals surface area contributed by atoms with Gasteiger partial charge in [-0.05, 0) is 60.6 Å². The molecule has 0 saturated heterocycles. The van der Waals surface area contributed by atoms with Crippen molar-refractivity contribution in [1.29, 1.82) is 0 Å². The van der Waals surface area contributed by atoms with Crippen LogP contribution in [0.4, 0.5) is 5.69 Å². The summed E-state index contributed by atoms with van der Waals surface area (Å²) in [4.78, 5) is 24.6. The lowest BCUT2D eigenvalue weighted by Crippen LogP contribution is -2.54. The van der Waals surface area contributed by atoms with E-state index >= 15 is 0 Å². The number of nitrogens with two attached hydrogens (primary N) is 1. The quantitative estimate of drug-likeness (QED) is 0.724. The maximum absolute atomic E-state index is 12.6. The van der Waals surface area contributed by atoms with E-state index < -0.39 is 0 Å². The van der Waals surface area contributed by atoms with Crippen LogP contribution in [0.2, 0.25) is 0 Å². The average Bonchev–Trinajstić information content (AvgIpc) is 2.56. The van der Waals surface area contributed by atoms with Crippen LogP contribution in [-0.2, 0) is 16.0 Å². The predicted octanol–water partition coefficient (Wildman–Crippen LogP) is 3.63. The molecule has 5 nitrogen and oxygen atoms in total. The van der Waals surface area contributed by atoms with Crippen molar-refractivity contribution in [2.24, 2.45) is 23.0 Å². The van der Waals surface area contributed by atoms with Gasteiger partial charge >= 0.3 is 0 Å². The van der Waals surface area contributed by atoms with Gasteiger partial charge in [-0.1, -0.05) is 39.3 Å². The third-order valence-electron chi connectivity index (χ3n) is 6.00. The summed E-state index contributed by atoms with van der Waals surface area (Å²) in [6, 6.07) is 8.17. The largest absolute Gasteiger partial charge is 0.353 e. The molecule has 0 spiro atoms. The monoisotopic (exact) mass is 385 g/mol. The van der Waals surface area contributed by atoms with Crippen LogP contribution >= 0.6 is 0 Å². The fourth-order valence-corrected chi connectivity index (χ4v) is 4.84. The molecule has 2 amide bonds. The number of amides is 2. The molecule has 2 aliphatic carbocycles. The number of rotatable bonds is 5. The molecule has 4 N–H and O–H groups in total. The number of anilines is 1. The number of fused-ring (bicyclic) bond motifs is 2. The molecule has 5 heteroatoms. The Morgan fingerprint density at radius 1 is 1.04 bits per heavy atom. The van der Waals surface area contributed by atoms with E-state index in [1.54, 1.807) is 0 Å². The molecule has 2 saturated carbocycles. The van der Waals surface area contributed by atoms with Crippen molar-refractivity contribution in [3.8, 4) is 0 Å². The standard InChI is InChI=1S/C23H35N3O2/c1-23(2,3)14-21(28)25-19-9-7-15(8-10-19)11-20(27)26-22-16-5-4-6-17(22)13-18(24)12-16/h7-10,16-18,22H,4-6,11-14,24H2,1-3H3,(H,25,28)(H,26,27). The van der Waals surface area contributed by atoms with Gasteiger partial charge in [-0.25, -0.2) is 0 Å². The second-order valence-electron chi connectivity index (χ2n) is 9.94. The summed E-state index contributed by atoms with van der Waals surface area (Å²) in [5, 5.41) is 6.22. The topological polar surface area (TPSA) is 84.2 Å². The van der Waals surface area contributed by atoms with Gasteiger partial charge in [0, 0.05) is 24.2 Å². The van der Waals surface area contributed by atoms with Crippen LogP contribution in [0.1, 0.15) is 64.9 Å². The third-order valence-corrected chi connectivity index (χ3v) is 6.00. The lowest BCUT2D eigenvalue weighted by Gasteiger charge is -2.45. The summed E-state index contributed by atoms with van der Waals surface area (Å²) in [6.07, 6.45) is 6.53. The molecule has 1 aromatic rings. The van der Waals surface area contributed by atoms with E-state index in [9.17, 15) is 9.59 Å². The number of hydrogen-bond donors (Lipinski definition) is 3. The van der Waals surface area contributed by atoms with Crippen LogP contribution in [0, 0.1) is 17.3 Å². The normalized spacial score (nSPS) is 27.1. The molecule has 0 heterocycles. The van der Waals surface area contributed by atoms with Crippen LogP contribution in [0.5, 0.6) is 0 Å². The Bertz CT molecular complexity index is 679. The number of nitrogens with one attached hydrogen (secondary N) is 2. The van der Waals surface area contributed by atoms with Gasteiger partial charge in [0.25, 0.3) is 0 Å². The molecular formula is C23H35N3O2. The number of benzene rings is 1. The fourth-order valence-electron chi connectivity index (χ4n) is 4.84. The van der Waals surface area contributed by atoms with Crippen molar-refractivity contribution in [3.63, 3.8) is 0 Å². The minimum atomic E-state index is -0.0382.